The quantitative estimate of drug-likeness (QED) is 0.324. The average molecular weight is 432 g/mol. The highest BCUT2D eigenvalue weighted by Gasteiger charge is 2.19. The summed E-state index contributed by atoms with van der Waals surface area (Å²) < 4.78 is 35.8. The van der Waals surface area contributed by atoms with E-state index in [-0.39, 0.29) is 10.6 Å². The van der Waals surface area contributed by atoms with Gasteiger partial charge in [-0.05, 0) is 56.7 Å². The van der Waals surface area contributed by atoms with Crippen molar-refractivity contribution in [2.45, 2.75) is 25.7 Å². The third-order valence-electron chi connectivity index (χ3n) is 3.90. The van der Waals surface area contributed by atoms with Gasteiger partial charge in [-0.2, -0.15) is 13.5 Å². The van der Waals surface area contributed by atoms with Crippen LogP contribution in [-0.2, 0) is 10.1 Å². The Labute approximate surface area is 174 Å². The second kappa shape index (κ2) is 9.06. The minimum absolute atomic E-state index is 0.0753. The second-order valence-electron chi connectivity index (χ2n) is 6.02. The monoisotopic (exact) mass is 431 g/mol. The molecule has 2 aromatic carbocycles. The standard InChI is InChI=1S/C20H21N3O4S2/c1-4-26-19-12-16(13-21-23-20-22-14(2)15(3)28-20)10-11-18(19)27-29(24,25)17-8-6-5-7-9-17/h5-13H,4H2,1-3H3,(H,22,23)/b21-13-. The van der Waals surface area contributed by atoms with E-state index < -0.39 is 10.1 Å². The Kier molecular flexibility index (Phi) is 6.50. The van der Waals surface area contributed by atoms with Crippen molar-refractivity contribution in [2.24, 2.45) is 5.10 Å². The number of thiazole rings is 1. The van der Waals surface area contributed by atoms with Crippen molar-refractivity contribution in [3.05, 3.63) is 64.7 Å². The van der Waals surface area contributed by atoms with Gasteiger partial charge in [0.1, 0.15) is 4.90 Å². The molecule has 3 aromatic rings. The number of aryl methyl sites for hydroxylation is 2. The Bertz CT molecular complexity index is 1090. The van der Waals surface area contributed by atoms with Crippen LogP contribution >= 0.6 is 11.3 Å². The van der Waals surface area contributed by atoms with E-state index in [9.17, 15) is 8.42 Å². The molecule has 29 heavy (non-hydrogen) atoms. The first kappa shape index (κ1) is 20.8. The van der Waals surface area contributed by atoms with Crippen LogP contribution in [0.25, 0.3) is 0 Å². The fourth-order valence-corrected chi connectivity index (χ4v) is 4.10. The lowest BCUT2D eigenvalue weighted by Crippen LogP contribution is -2.10. The van der Waals surface area contributed by atoms with Crippen LogP contribution in [0.5, 0.6) is 11.5 Å². The van der Waals surface area contributed by atoms with Crippen LogP contribution in [0, 0.1) is 13.8 Å². The Hall–Kier alpha value is -2.91. The lowest BCUT2D eigenvalue weighted by Gasteiger charge is -2.12. The molecule has 0 saturated carbocycles. The molecule has 0 saturated heterocycles. The Morgan fingerprint density at radius 2 is 1.90 bits per heavy atom. The van der Waals surface area contributed by atoms with E-state index in [1.165, 1.54) is 23.5 Å². The van der Waals surface area contributed by atoms with Crippen LogP contribution in [0.3, 0.4) is 0 Å². The van der Waals surface area contributed by atoms with Gasteiger partial charge in [-0.3, -0.25) is 5.43 Å². The van der Waals surface area contributed by atoms with Crippen LogP contribution in [0.15, 0.2) is 58.5 Å². The van der Waals surface area contributed by atoms with Crippen molar-refractivity contribution in [3.8, 4) is 11.5 Å². The third kappa shape index (κ3) is 5.33. The first-order valence-corrected chi connectivity index (χ1v) is 11.1. The molecule has 0 aliphatic rings. The van der Waals surface area contributed by atoms with Crippen LogP contribution in [0.4, 0.5) is 5.13 Å². The van der Waals surface area contributed by atoms with Crippen molar-refractivity contribution in [1.82, 2.24) is 4.98 Å². The maximum absolute atomic E-state index is 12.5. The molecular formula is C20H21N3O4S2. The molecule has 0 fully saturated rings. The fraction of sp³-hybridized carbons (Fsp3) is 0.200. The first-order valence-electron chi connectivity index (χ1n) is 8.88. The summed E-state index contributed by atoms with van der Waals surface area (Å²) in [5.74, 6) is 0.434. The maximum Gasteiger partial charge on any atom is 0.339 e. The van der Waals surface area contributed by atoms with Crippen LogP contribution in [-0.4, -0.2) is 26.2 Å². The lowest BCUT2D eigenvalue weighted by molar-refractivity contribution is 0.327. The fourth-order valence-electron chi connectivity index (χ4n) is 2.38. The van der Waals surface area contributed by atoms with E-state index >= 15 is 0 Å². The number of hydrazone groups is 1. The number of hydrogen-bond donors (Lipinski definition) is 1. The minimum atomic E-state index is -3.95. The summed E-state index contributed by atoms with van der Waals surface area (Å²) in [5.41, 5.74) is 4.57. The number of nitrogens with zero attached hydrogens (tertiary/aromatic N) is 2. The minimum Gasteiger partial charge on any atom is -0.490 e. The van der Waals surface area contributed by atoms with Gasteiger partial charge in [0.05, 0.1) is 18.5 Å². The van der Waals surface area contributed by atoms with E-state index in [0.717, 1.165) is 16.1 Å². The smallest absolute Gasteiger partial charge is 0.339 e. The van der Waals surface area contributed by atoms with Crippen LogP contribution in [0.1, 0.15) is 23.1 Å². The summed E-state index contributed by atoms with van der Waals surface area (Å²) in [6.45, 7) is 6.11. The molecule has 0 aliphatic heterocycles. The summed E-state index contributed by atoms with van der Waals surface area (Å²) in [4.78, 5) is 5.56. The molecule has 1 N–H and O–H groups in total. The number of hydrogen-bond acceptors (Lipinski definition) is 8. The summed E-state index contributed by atoms with van der Waals surface area (Å²) in [6.07, 6.45) is 1.60. The molecule has 0 spiro atoms. The predicted octanol–water partition coefficient (Wildman–Crippen LogP) is 4.37. The zero-order valence-corrected chi connectivity index (χ0v) is 17.9. The summed E-state index contributed by atoms with van der Waals surface area (Å²) in [5, 5.41) is 4.88. The van der Waals surface area contributed by atoms with Gasteiger partial charge in [-0.25, -0.2) is 4.98 Å². The first-order chi connectivity index (χ1) is 13.9. The third-order valence-corrected chi connectivity index (χ3v) is 6.13. The number of ether oxygens (including phenoxy) is 1. The lowest BCUT2D eigenvalue weighted by atomic mass is 10.2. The van der Waals surface area contributed by atoms with Crippen molar-refractivity contribution in [1.29, 1.82) is 0 Å². The number of benzene rings is 2. The summed E-state index contributed by atoms with van der Waals surface area (Å²) >= 11 is 1.52. The SMILES string of the molecule is CCOc1cc(/C=N\Nc2nc(C)c(C)s2)ccc1OS(=O)(=O)c1ccccc1. The van der Waals surface area contributed by atoms with Gasteiger partial charge < -0.3 is 8.92 Å². The molecule has 1 heterocycles. The van der Waals surface area contributed by atoms with Crippen molar-refractivity contribution in [3.63, 3.8) is 0 Å². The normalized spacial score (nSPS) is 11.6. The molecule has 0 aliphatic carbocycles. The molecule has 0 radical (unpaired) electrons. The zero-order valence-electron chi connectivity index (χ0n) is 16.2. The molecule has 152 valence electrons. The van der Waals surface area contributed by atoms with Crippen molar-refractivity contribution < 1.29 is 17.3 Å². The number of nitrogens with one attached hydrogen (secondary N) is 1. The number of aromatic nitrogens is 1. The molecule has 0 amide bonds. The van der Waals surface area contributed by atoms with E-state index in [1.54, 1.807) is 42.6 Å². The zero-order chi connectivity index (χ0) is 20.9. The topological polar surface area (TPSA) is 89.9 Å². The molecular weight excluding hydrogens is 410 g/mol. The second-order valence-corrected chi connectivity index (χ2v) is 8.77. The number of rotatable bonds is 8. The molecule has 0 bridgehead atoms. The van der Waals surface area contributed by atoms with Crippen molar-refractivity contribution >= 4 is 32.8 Å². The van der Waals surface area contributed by atoms with Gasteiger partial charge in [0.2, 0.25) is 5.13 Å². The summed E-state index contributed by atoms with van der Waals surface area (Å²) in [6, 6.07) is 12.9. The van der Waals surface area contributed by atoms with Crippen LogP contribution in [0.2, 0.25) is 0 Å². The molecule has 0 atom stereocenters. The molecule has 0 unspecified atom stereocenters. The Balaban J connectivity index is 1.78. The van der Waals surface area contributed by atoms with E-state index in [4.69, 9.17) is 8.92 Å². The number of anilines is 1. The van der Waals surface area contributed by atoms with Crippen LogP contribution < -0.4 is 14.3 Å². The predicted molar refractivity (Wildman–Crippen MR) is 115 cm³/mol. The largest absolute Gasteiger partial charge is 0.490 e. The van der Waals surface area contributed by atoms with E-state index in [1.807, 2.05) is 20.8 Å². The highest BCUT2D eigenvalue weighted by Crippen LogP contribution is 2.31. The van der Waals surface area contributed by atoms with Gasteiger partial charge in [0.15, 0.2) is 11.5 Å². The molecule has 7 nitrogen and oxygen atoms in total. The van der Waals surface area contributed by atoms with Crippen molar-refractivity contribution in [2.75, 3.05) is 12.0 Å². The Morgan fingerprint density at radius 3 is 2.55 bits per heavy atom. The molecule has 3 rings (SSSR count). The highest BCUT2D eigenvalue weighted by molar-refractivity contribution is 7.87. The Morgan fingerprint density at radius 1 is 1.14 bits per heavy atom. The van der Waals surface area contributed by atoms with E-state index in [0.29, 0.717) is 17.5 Å². The average Bonchev–Trinajstić information content (AvgIpc) is 3.02. The van der Waals surface area contributed by atoms with Gasteiger partial charge in [0, 0.05) is 4.88 Å². The highest BCUT2D eigenvalue weighted by atomic mass is 32.2. The van der Waals surface area contributed by atoms with Gasteiger partial charge in [0.25, 0.3) is 0 Å². The van der Waals surface area contributed by atoms with Gasteiger partial charge >= 0.3 is 10.1 Å². The van der Waals surface area contributed by atoms with Gasteiger partial charge in [-0.1, -0.05) is 18.2 Å². The van der Waals surface area contributed by atoms with Gasteiger partial charge in [-0.15, -0.1) is 11.3 Å². The molecule has 9 heteroatoms. The summed E-state index contributed by atoms with van der Waals surface area (Å²) in [7, 11) is -3.95. The molecule has 1 aromatic heterocycles. The van der Waals surface area contributed by atoms with E-state index in [2.05, 4.69) is 15.5 Å². The maximum atomic E-state index is 12.5.